The zero-order valence-electron chi connectivity index (χ0n) is 16.4. The summed E-state index contributed by atoms with van der Waals surface area (Å²) in [5, 5.41) is 4.84. The van der Waals surface area contributed by atoms with E-state index in [9.17, 15) is 4.79 Å². The van der Waals surface area contributed by atoms with Gasteiger partial charge in [0.2, 0.25) is 0 Å². The minimum Gasteiger partial charge on any atom is -0.456 e. The highest BCUT2D eigenvalue weighted by Gasteiger charge is 2.20. The standard InChI is InChI=1S/C24H22N2O3/c1-3-25-17-10-12-19-21(14-17)28-22-15-18(26-4-2)11-13-20(22)23(19)29-24(27)16-8-6-5-7-9-16/h5-15,25H,3-4H2,1-2H3. The molecule has 2 aromatic carbocycles. The SMILES string of the molecule is CCN=c1ccc2c(OC(=O)c3ccccc3)c3ccc(NCC)cc3oc-2c1. The summed E-state index contributed by atoms with van der Waals surface area (Å²) in [7, 11) is 0. The van der Waals surface area contributed by atoms with Crippen LogP contribution in [-0.4, -0.2) is 19.1 Å². The first-order chi connectivity index (χ1) is 14.2. The number of esters is 1. The molecule has 0 atom stereocenters. The lowest BCUT2D eigenvalue weighted by molar-refractivity contribution is 0.0737. The molecule has 0 fully saturated rings. The summed E-state index contributed by atoms with van der Waals surface area (Å²) in [6.45, 7) is 5.50. The average molecular weight is 386 g/mol. The average Bonchev–Trinajstić information content (AvgIpc) is 2.74. The number of hydrogen-bond acceptors (Lipinski definition) is 5. The van der Waals surface area contributed by atoms with Crippen LogP contribution in [0, 0.1) is 0 Å². The van der Waals surface area contributed by atoms with E-state index in [4.69, 9.17) is 9.15 Å². The monoisotopic (exact) mass is 386 g/mol. The summed E-state index contributed by atoms with van der Waals surface area (Å²) in [5.74, 6) is 0.704. The molecular weight excluding hydrogens is 364 g/mol. The van der Waals surface area contributed by atoms with E-state index in [1.54, 1.807) is 12.1 Å². The van der Waals surface area contributed by atoms with E-state index >= 15 is 0 Å². The van der Waals surface area contributed by atoms with Gasteiger partial charge in [0, 0.05) is 30.9 Å². The molecule has 0 saturated heterocycles. The van der Waals surface area contributed by atoms with Gasteiger partial charge in [-0.05, 0) is 50.2 Å². The van der Waals surface area contributed by atoms with E-state index in [2.05, 4.69) is 10.3 Å². The molecule has 0 amide bonds. The van der Waals surface area contributed by atoms with Crippen LogP contribution < -0.4 is 15.4 Å². The Morgan fingerprint density at radius 2 is 1.86 bits per heavy atom. The normalized spacial score (nSPS) is 11.7. The van der Waals surface area contributed by atoms with E-state index in [1.807, 2.05) is 68.4 Å². The van der Waals surface area contributed by atoms with Crippen LogP contribution in [0.15, 0.2) is 76.1 Å². The van der Waals surface area contributed by atoms with Crippen molar-refractivity contribution in [3.8, 4) is 17.1 Å². The zero-order chi connectivity index (χ0) is 20.2. The van der Waals surface area contributed by atoms with Gasteiger partial charge in [0.1, 0.15) is 11.3 Å². The molecule has 1 N–H and O–H groups in total. The van der Waals surface area contributed by atoms with E-state index in [0.717, 1.165) is 28.5 Å². The number of hydrogen-bond donors (Lipinski definition) is 1. The number of anilines is 1. The molecule has 2 aromatic rings. The van der Waals surface area contributed by atoms with Crippen LogP contribution in [0.2, 0.25) is 0 Å². The van der Waals surface area contributed by atoms with Crippen molar-refractivity contribution >= 4 is 22.6 Å². The van der Waals surface area contributed by atoms with Crippen molar-refractivity contribution in [1.82, 2.24) is 0 Å². The summed E-state index contributed by atoms with van der Waals surface area (Å²) < 4.78 is 12.0. The Hall–Kier alpha value is -3.60. The maximum absolute atomic E-state index is 12.8. The van der Waals surface area contributed by atoms with Gasteiger partial charge < -0.3 is 14.5 Å². The van der Waals surface area contributed by atoms with Gasteiger partial charge in [-0.2, -0.15) is 0 Å². The second kappa shape index (κ2) is 8.19. The molecule has 5 heteroatoms. The quantitative estimate of drug-likeness (QED) is 0.382. The van der Waals surface area contributed by atoms with E-state index in [-0.39, 0.29) is 0 Å². The van der Waals surface area contributed by atoms with Gasteiger partial charge in [-0.1, -0.05) is 18.2 Å². The number of carbonyl (C=O) groups excluding carboxylic acids is 1. The first-order valence-electron chi connectivity index (χ1n) is 9.71. The van der Waals surface area contributed by atoms with Gasteiger partial charge in [-0.3, -0.25) is 4.99 Å². The minimum absolute atomic E-state index is 0.405. The smallest absolute Gasteiger partial charge is 0.343 e. The minimum atomic E-state index is -0.405. The molecule has 0 unspecified atom stereocenters. The zero-order valence-corrected chi connectivity index (χ0v) is 16.4. The van der Waals surface area contributed by atoms with Crippen LogP contribution in [-0.2, 0) is 0 Å². The molecule has 0 bridgehead atoms. The maximum atomic E-state index is 12.8. The number of fused-ring (bicyclic) bond motifs is 2. The highest BCUT2D eigenvalue weighted by molar-refractivity contribution is 5.98. The van der Waals surface area contributed by atoms with Gasteiger partial charge in [-0.25, -0.2) is 4.79 Å². The number of rotatable bonds is 5. The van der Waals surface area contributed by atoms with Crippen molar-refractivity contribution in [2.45, 2.75) is 13.8 Å². The van der Waals surface area contributed by atoms with E-state index in [0.29, 0.717) is 29.2 Å². The summed E-state index contributed by atoms with van der Waals surface area (Å²) in [4.78, 5) is 17.2. The Morgan fingerprint density at radius 1 is 1.03 bits per heavy atom. The molecule has 0 saturated carbocycles. The lowest BCUT2D eigenvalue weighted by atomic mass is 10.1. The fourth-order valence-corrected chi connectivity index (χ4v) is 3.27. The highest BCUT2D eigenvalue weighted by Crippen LogP contribution is 2.40. The second-order valence-electron chi connectivity index (χ2n) is 6.58. The molecule has 0 spiro atoms. The maximum Gasteiger partial charge on any atom is 0.343 e. The Bertz CT molecular complexity index is 1200. The third-order valence-electron chi connectivity index (χ3n) is 4.58. The molecule has 146 valence electrons. The molecule has 2 aliphatic rings. The predicted octanol–water partition coefficient (Wildman–Crippen LogP) is 5.11. The van der Waals surface area contributed by atoms with Gasteiger partial charge in [0.15, 0.2) is 5.75 Å². The van der Waals surface area contributed by atoms with Crippen LogP contribution in [0.25, 0.3) is 22.3 Å². The van der Waals surface area contributed by atoms with Crippen LogP contribution in [0.5, 0.6) is 5.75 Å². The number of nitrogens with zero attached hydrogens (tertiary/aromatic N) is 1. The Labute approximate surface area is 169 Å². The molecular formula is C24H22N2O3. The topological polar surface area (TPSA) is 63.8 Å². The van der Waals surface area contributed by atoms with Crippen molar-refractivity contribution in [2.24, 2.45) is 4.99 Å². The summed E-state index contributed by atoms with van der Waals surface area (Å²) in [5.41, 5.74) is 2.81. The largest absolute Gasteiger partial charge is 0.456 e. The lowest BCUT2D eigenvalue weighted by Gasteiger charge is -2.15. The van der Waals surface area contributed by atoms with Crippen LogP contribution >= 0.6 is 0 Å². The van der Waals surface area contributed by atoms with Crippen LogP contribution in [0.4, 0.5) is 5.69 Å². The molecule has 0 aromatic heterocycles. The summed E-state index contributed by atoms with van der Waals surface area (Å²) in [6, 6.07) is 20.4. The fraction of sp³-hybridized carbons (Fsp3) is 0.167. The van der Waals surface area contributed by atoms with Crippen molar-refractivity contribution in [1.29, 1.82) is 0 Å². The summed E-state index contributed by atoms with van der Waals surface area (Å²) in [6.07, 6.45) is 0. The number of carbonyl (C=O) groups is 1. The molecule has 0 radical (unpaired) electrons. The third-order valence-corrected chi connectivity index (χ3v) is 4.58. The van der Waals surface area contributed by atoms with Crippen LogP contribution in [0.1, 0.15) is 24.2 Å². The molecule has 4 rings (SSSR count). The first-order valence-corrected chi connectivity index (χ1v) is 9.71. The van der Waals surface area contributed by atoms with E-state index in [1.165, 1.54) is 0 Å². The predicted molar refractivity (Wildman–Crippen MR) is 115 cm³/mol. The van der Waals surface area contributed by atoms with Crippen LogP contribution in [0.3, 0.4) is 0 Å². The molecule has 29 heavy (non-hydrogen) atoms. The Morgan fingerprint density at radius 3 is 2.62 bits per heavy atom. The van der Waals surface area contributed by atoms with Crippen molar-refractivity contribution in [3.63, 3.8) is 0 Å². The Kier molecular flexibility index (Phi) is 5.29. The van der Waals surface area contributed by atoms with E-state index < -0.39 is 5.97 Å². The van der Waals surface area contributed by atoms with Gasteiger partial charge >= 0.3 is 5.97 Å². The van der Waals surface area contributed by atoms with Crippen molar-refractivity contribution in [3.05, 3.63) is 77.7 Å². The number of benzene rings is 3. The number of ether oxygens (including phenoxy) is 1. The lowest BCUT2D eigenvalue weighted by Crippen LogP contribution is -2.11. The molecule has 1 aliphatic carbocycles. The van der Waals surface area contributed by atoms with Crippen molar-refractivity contribution < 1.29 is 13.9 Å². The Balaban J connectivity index is 1.91. The van der Waals surface area contributed by atoms with Gasteiger partial charge in [0.25, 0.3) is 0 Å². The van der Waals surface area contributed by atoms with Crippen molar-refractivity contribution in [2.75, 3.05) is 18.4 Å². The summed E-state index contributed by atoms with van der Waals surface area (Å²) >= 11 is 0. The molecule has 1 heterocycles. The first kappa shape index (κ1) is 18.7. The number of nitrogens with one attached hydrogen (secondary N) is 1. The fourth-order valence-electron chi connectivity index (χ4n) is 3.27. The second-order valence-corrected chi connectivity index (χ2v) is 6.58. The third kappa shape index (κ3) is 3.85. The molecule has 1 aliphatic heterocycles. The van der Waals surface area contributed by atoms with Gasteiger partial charge in [-0.15, -0.1) is 0 Å². The highest BCUT2D eigenvalue weighted by atomic mass is 16.5. The van der Waals surface area contributed by atoms with Gasteiger partial charge in [0.05, 0.1) is 21.9 Å². The molecule has 5 nitrogen and oxygen atoms in total.